The fourth-order valence-corrected chi connectivity index (χ4v) is 3.57. The van der Waals surface area contributed by atoms with Gasteiger partial charge in [-0.15, -0.1) is 5.10 Å². The van der Waals surface area contributed by atoms with Gasteiger partial charge in [0.05, 0.1) is 12.3 Å². The van der Waals surface area contributed by atoms with Gasteiger partial charge in [-0.3, -0.25) is 4.79 Å². The average molecular weight is 380 g/mol. The van der Waals surface area contributed by atoms with Crippen molar-refractivity contribution in [3.63, 3.8) is 0 Å². The maximum Gasteiger partial charge on any atom is 0.285 e. The molecule has 2 aliphatic rings. The van der Waals surface area contributed by atoms with Crippen LogP contribution >= 0.6 is 0 Å². The summed E-state index contributed by atoms with van der Waals surface area (Å²) in [4.78, 5) is 19.0. The van der Waals surface area contributed by atoms with Gasteiger partial charge in [0.1, 0.15) is 0 Å². The lowest BCUT2D eigenvalue weighted by atomic mass is 10.1. The van der Waals surface area contributed by atoms with E-state index in [0.717, 1.165) is 13.0 Å². The zero-order chi connectivity index (χ0) is 19.3. The van der Waals surface area contributed by atoms with Crippen molar-refractivity contribution in [2.75, 3.05) is 31.8 Å². The lowest BCUT2D eigenvalue weighted by molar-refractivity contribution is -0.121. The van der Waals surface area contributed by atoms with E-state index in [1.54, 1.807) is 6.20 Å². The van der Waals surface area contributed by atoms with E-state index in [4.69, 9.17) is 9.47 Å². The second-order valence-corrected chi connectivity index (χ2v) is 7.00. The molecule has 2 aliphatic heterocycles. The first-order valence-corrected chi connectivity index (χ1v) is 9.60. The van der Waals surface area contributed by atoms with Crippen molar-refractivity contribution in [3.05, 3.63) is 54.4 Å². The fourth-order valence-electron chi connectivity index (χ4n) is 3.57. The number of carbonyl (C=O) groups is 1. The average Bonchev–Trinajstić information content (AvgIpc) is 3.14. The zero-order valence-electron chi connectivity index (χ0n) is 16.0. The van der Waals surface area contributed by atoms with Crippen LogP contribution in [0.4, 0.5) is 5.69 Å². The van der Waals surface area contributed by atoms with Gasteiger partial charge in [0.25, 0.3) is 11.8 Å². The minimum absolute atomic E-state index is 0.0867. The summed E-state index contributed by atoms with van der Waals surface area (Å²) in [6.45, 7) is 1.66. The Balaban J connectivity index is 1.51. The number of para-hydroxylation sites is 1. The third kappa shape index (κ3) is 3.99. The summed E-state index contributed by atoms with van der Waals surface area (Å²) in [6.07, 6.45) is 5.09. The van der Waals surface area contributed by atoms with Crippen molar-refractivity contribution in [1.82, 2.24) is 9.88 Å². The topological polar surface area (TPSA) is 67.3 Å². The molecule has 0 N–H and O–H groups in total. The first-order chi connectivity index (χ1) is 13.7. The van der Waals surface area contributed by atoms with Gasteiger partial charge in [-0.2, -0.15) is 5.01 Å². The van der Waals surface area contributed by atoms with Crippen LogP contribution in [0, 0.1) is 0 Å². The summed E-state index contributed by atoms with van der Waals surface area (Å²) in [7, 11) is 2.16. The van der Waals surface area contributed by atoms with Crippen molar-refractivity contribution >= 4 is 17.5 Å². The van der Waals surface area contributed by atoms with E-state index >= 15 is 0 Å². The number of anilines is 1. The smallest absolute Gasteiger partial charge is 0.285 e. The van der Waals surface area contributed by atoms with Gasteiger partial charge in [-0.1, -0.05) is 18.2 Å². The summed E-state index contributed by atoms with van der Waals surface area (Å²) >= 11 is 0. The number of ether oxygens (including phenoxy) is 2. The van der Waals surface area contributed by atoms with Gasteiger partial charge >= 0.3 is 0 Å². The molecule has 0 radical (unpaired) electrons. The van der Waals surface area contributed by atoms with Crippen LogP contribution in [0.5, 0.6) is 5.75 Å². The van der Waals surface area contributed by atoms with Gasteiger partial charge in [0, 0.05) is 12.2 Å². The number of rotatable bonds is 6. The normalized spacial score (nSPS) is 20.0. The summed E-state index contributed by atoms with van der Waals surface area (Å²) in [5.41, 5.74) is 1.20. The number of benzene rings is 1. The van der Waals surface area contributed by atoms with Crippen LogP contribution in [-0.4, -0.2) is 54.5 Å². The predicted molar refractivity (Wildman–Crippen MR) is 106 cm³/mol. The first kappa shape index (κ1) is 18.4. The quantitative estimate of drug-likeness (QED) is 0.771. The Bertz CT molecular complexity index is 856. The molecule has 7 nitrogen and oxygen atoms in total. The van der Waals surface area contributed by atoms with E-state index in [1.807, 2.05) is 42.5 Å². The molecule has 0 saturated carbocycles. The van der Waals surface area contributed by atoms with Crippen molar-refractivity contribution in [3.8, 4) is 5.75 Å². The molecule has 1 saturated heterocycles. The highest BCUT2D eigenvalue weighted by Gasteiger charge is 2.27. The van der Waals surface area contributed by atoms with Crippen LogP contribution in [0.2, 0.25) is 0 Å². The Labute approximate surface area is 164 Å². The lowest BCUT2D eigenvalue weighted by Gasteiger charge is -2.24. The number of aromatic nitrogens is 1. The first-order valence-electron chi connectivity index (χ1n) is 9.60. The maximum absolute atomic E-state index is 12.2. The molecule has 28 heavy (non-hydrogen) atoms. The molecule has 1 aromatic carbocycles. The third-order valence-corrected chi connectivity index (χ3v) is 5.11. The second kappa shape index (κ2) is 8.39. The van der Waals surface area contributed by atoms with Gasteiger partial charge in [0.15, 0.2) is 18.1 Å². The minimum Gasteiger partial charge on any atom is -0.491 e. The van der Waals surface area contributed by atoms with Crippen molar-refractivity contribution in [1.29, 1.82) is 0 Å². The van der Waals surface area contributed by atoms with Gasteiger partial charge in [-0.05, 0) is 57.1 Å². The molecular formula is C21H24N4O3. The van der Waals surface area contributed by atoms with Crippen LogP contribution in [0.25, 0.3) is 0 Å². The van der Waals surface area contributed by atoms with Gasteiger partial charge < -0.3 is 14.4 Å². The molecular weight excluding hydrogens is 356 g/mol. The van der Waals surface area contributed by atoms with Gasteiger partial charge in [0.2, 0.25) is 0 Å². The number of nitrogens with zero attached hydrogens (tertiary/aromatic N) is 4. The number of likely N-dealkylation sites (tertiary alicyclic amines) is 1. The molecule has 1 aromatic heterocycles. The van der Waals surface area contributed by atoms with E-state index < -0.39 is 0 Å². The zero-order valence-corrected chi connectivity index (χ0v) is 16.0. The monoisotopic (exact) mass is 380 g/mol. The Hall–Kier alpha value is -2.93. The lowest BCUT2D eigenvalue weighted by Crippen LogP contribution is -2.37. The molecule has 1 unspecified atom stereocenters. The standard InChI is InChI=1S/C21H24N4O3/c1-24-13-6-9-16(24)11-14-27-18-10-5-12-22-20(18)21-23-25(19(26)15-28-21)17-7-3-2-4-8-17/h2-5,7-8,10,12,16H,6,9,11,13-15H2,1H3. The highest BCUT2D eigenvalue weighted by atomic mass is 16.5. The van der Waals surface area contributed by atoms with Gasteiger partial charge in [-0.25, -0.2) is 4.98 Å². The number of pyridine rings is 1. The summed E-state index contributed by atoms with van der Waals surface area (Å²) < 4.78 is 11.6. The number of carbonyl (C=O) groups excluding carboxylic acids is 1. The highest BCUT2D eigenvalue weighted by Crippen LogP contribution is 2.24. The summed E-state index contributed by atoms with van der Waals surface area (Å²) in [5.74, 6) is 0.680. The van der Waals surface area contributed by atoms with Crippen LogP contribution in [-0.2, 0) is 9.53 Å². The second-order valence-electron chi connectivity index (χ2n) is 7.00. The molecule has 7 heteroatoms. The molecule has 1 atom stereocenters. The summed E-state index contributed by atoms with van der Waals surface area (Å²) in [5, 5.41) is 5.74. The maximum atomic E-state index is 12.2. The van der Waals surface area contributed by atoms with Crippen LogP contribution in [0.15, 0.2) is 53.8 Å². The predicted octanol–water partition coefficient (Wildman–Crippen LogP) is 2.67. The number of hydrogen-bond donors (Lipinski definition) is 0. The van der Waals surface area contributed by atoms with Crippen molar-refractivity contribution < 1.29 is 14.3 Å². The largest absolute Gasteiger partial charge is 0.491 e. The molecule has 146 valence electrons. The van der Waals surface area contributed by atoms with E-state index in [1.165, 1.54) is 17.9 Å². The molecule has 3 heterocycles. The molecule has 1 fully saturated rings. The Kier molecular flexibility index (Phi) is 5.53. The van der Waals surface area contributed by atoms with E-state index in [-0.39, 0.29) is 18.4 Å². The van der Waals surface area contributed by atoms with Crippen molar-refractivity contribution in [2.45, 2.75) is 25.3 Å². The number of hydrazone groups is 1. The Morgan fingerprint density at radius 3 is 2.86 bits per heavy atom. The number of amides is 1. The van der Waals surface area contributed by atoms with E-state index in [2.05, 4.69) is 22.0 Å². The van der Waals surface area contributed by atoms with Crippen LogP contribution in [0.3, 0.4) is 0 Å². The molecule has 4 rings (SSSR count). The SMILES string of the molecule is CN1CCCC1CCOc1cccnc1C1=NN(c2ccccc2)C(=O)CO1. The Morgan fingerprint density at radius 1 is 1.21 bits per heavy atom. The molecule has 0 bridgehead atoms. The number of hydrogen-bond acceptors (Lipinski definition) is 6. The highest BCUT2D eigenvalue weighted by molar-refractivity contribution is 6.04. The molecule has 1 amide bonds. The molecule has 0 aliphatic carbocycles. The molecule has 2 aromatic rings. The van der Waals surface area contributed by atoms with E-state index in [0.29, 0.717) is 29.8 Å². The fraction of sp³-hybridized carbons (Fsp3) is 0.381. The Morgan fingerprint density at radius 2 is 2.07 bits per heavy atom. The third-order valence-electron chi connectivity index (χ3n) is 5.11. The van der Waals surface area contributed by atoms with E-state index in [9.17, 15) is 4.79 Å². The summed E-state index contributed by atoms with van der Waals surface area (Å²) in [6, 6.07) is 13.5. The van der Waals surface area contributed by atoms with Crippen LogP contribution in [0.1, 0.15) is 25.0 Å². The molecule has 0 spiro atoms. The van der Waals surface area contributed by atoms with Crippen molar-refractivity contribution in [2.24, 2.45) is 5.10 Å². The minimum atomic E-state index is -0.224. The van der Waals surface area contributed by atoms with Crippen LogP contribution < -0.4 is 9.75 Å².